The van der Waals surface area contributed by atoms with Crippen LogP contribution in [0.15, 0.2) is 48.9 Å². The molecular formula is C40H44ClF3N11O5+. The molecule has 2 atom stereocenters. The van der Waals surface area contributed by atoms with E-state index in [1.807, 2.05) is 0 Å². The Balaban J connectivity index is 0.822. The molecule has 5 aliphatic rings. The highest BCUT2D eigenvalue weighted by atomic mass is 35.5. The lowest BCUT2D eigenvalue weighted by Gasteiger charge is -2.73. The van der Waals surface area contributed by atoms with Gasteiger partial charge in [-0.2, -0.15) is 18.3 Å². The van der Waals surface area contributed by atoms with Crippen molar-refractivity contribution < 1.29 is 41.9 Å². The number of carboxylic acids is 1. The summed E-state index contributed by atoms with van der Waals surface area (Å²) >= 11 is 6.63. The molecule has 5 saturated heterocycles. The molecule has 16 nitrogen and oxygen atoms in total. The van der Waals surface area contributed by atoms with Crippen molar-refractivity contribution in [3.63, 3.8) is 0 Å². The second-order valence-electron chi connectivity index (χ2n) is 17.0. The Bertz CT molecular complexity index is 2370. The summed E-state index contributed by atoms with van der Waals surface area (Å²) in [7, 11) is 1.41. The Morgan fingerprint density at radius 1 is 1.05 bits per heavy atom. The third-order valence-electron chi connectivity index (χ3n) is 13.2. The first-order valence-electron chi connectivity index (χ1n) is 20.0. The Hall–Kier alpha value is -5.37. The summed E-state index contributed by atoms with van der Waals surface area (Å²) in [5.74, 6) is -1.20. The number of alkyl halides is 3. The Morgan fingerprint density at radius 2 is 1.77 bits per heavy atom. The van der Waals surface area contributed by atoms with E-state index < -0.39 is 29.3 Å². The highest BCUT2D eigenvalue weighted by Gasteiger charge is 2.69. The number of hydrogen-bond acceptors (Lipinski definition) is 10. The van der Waals surface area contributed by atoms with Crippen molar-refractivity contribution in [3.05, 3.63) is 71.0 Å². The molecule has 5 aliphatic heterocycles. The van der Waals surface area contributed by atoms with Gasteiger partial charge in [-0.05, 0) is 43.2 Å². The summed E-state index contributed by atoms with van der Waals surface area (Å²) in [4.78, 5) is 65.2. The van der Waals surface area contributed by atoms with Crippen LogP contribution in [0.5, 0.6) is 0 Å². The molecule has 5 fully saturated rings. The fourth-order valence-electron chi connectivity index (χ4n) is 10.3. The number of nitrogen functional groups attached to an aromatic ring is 1. The molecule has 0 aliphatic carbocycles. The molecule has 2 unspecified atom stereocenters. The number of hydrogen-bond donors (Lipinski definition) is 4. The molecule has 0 saturated carbocycles. The topological polar surface area (TPSA) is 194 Å². The van der Waals surface area contributed by atoms with E-state index >= 15 is 0 Å². The van der Waals surface area contributed by atoms with Gasteiger partial charge >= 0.3 is 12.1 Å². The van der Waals surface area contributed by atoms with Gasteiger partial charge in [0, 0.05) is 81.9 Å². The second kappa shape index (κ2) is 14.7. The Labute approximate surface area is 347 Å². The van der Waals surface area contributed by atoms with Gasteiger partial charge in [0.25, 0.3) is 11.8 Å². The number of nitrogens with zero attached hydrogens (tertiary/aromatic N) is 8. The summed E-state index contributed by atoms with van der Waals surface area (Å²) in [6.07, 6.45) is 1.52. The van der Waals surface area contributed by atoms with Gasteiger partial charge in [0.15, 0.2) is 29.7 Å². The van der Waals surface area contributed by atoms with Gasteiger partial charge in [-0.15, -0.1) is 0 Å². The zero-order chi connectivity index (χ0) is 42.3. The van der Waals surface area contributed by atoms with Crippen LogP contribution in [0.4, 0.5) is 24.5 Å². The highest BCUT2D eigenvalue weighted by molar-refractivity contribution is 6.34. The number of imidazole rings is 1. The molecular weight excluding hydrogens is 807 g/mol. The molecule has 0 spiro atoms. The van der Waals surface area contributed by atoms with E-state index in [0.717, 1.165) is 36.7 Å². The van der Waals surface area contributed by atoms with Crippen molar-refractivity contribution in [2.45, 2.75) is 49.5 Å². The van der Waals surface area contributed by atoms with E-state index in [1.165, 1.54) is 48.1 Å². The monoisotopic (exact) mass is 850 g/mol. The normalized spacial score (nSPS) is 26.4. The fourth-order valence-corrected chi connectivity index (χ4v) is 10.6. The largest absolute Gasteiger partial charge is 0.477 e. The van der Waals surface area contributed by atoms with Gasteiger partial charge in [-0.3, -0.25) is 19.3 Å². The molecule has 2 amide bonds. The molecule has 3 aromatic heterocycles. The second-order valence-corrected chi connectivity index (χ2v) is 17.4. The summed E-state index contributed by atoms with van der Waals surface area (Å²) < 4.78 is 45.1. The van der Waals surface area contributed by atoms with Gasteiger partial charge in [0.05, 0.1) is 65.1 Å². The number of benzene rings is 1. The molecule has 20 heteroatoms. The molecule has 5 N–H and O–H groups in total. The van der Waals surface area contributed by atoms with Crippen molar-refractivity contribution in [3.8, 4) is 17.1 Å². The lowest BCUT2D eigenvalue weighted by atomic mass is 9.58. The van der Waals surface area contributed by atoms with Gasteiger partial charge in [0.2, 0.25) is 0 Å². The van der Waals surface area contributed by atoms with Crippen LogP contribution in [0.1, 0.15) is 52.4 Å². The van der Waals surface area contributed by atoms with Crippen LogP contribution in [0.25, 0.3) is 17.1 Å². The van der Waals surface area contributed by atoms with Crippen molar-refractivity contribution in [2.24, 2.45) is 18.9 Å². The summed E-state index contributed by atoms with van der Waals surface area (Å²) in [5, 5.41) is 19.4. The van der Waals surface area contributed by atoms with Gasteiger partial charge in [-0.1, -0.05) is 11.6 Å². The highest BCUT2D eigenvalue weighted by Crippen LogP contribution is 2.56. The number of nitrogens with one attached hydrogen (secondary N) is 2. The minimum absolute atomic E-state index is 0.0160. The number of quaternary nitrogens is 1. The number of piperidine rings is 2. The third kappa shape index (κ3) is 6.90. The number of carbonyl (C=O) groups is 4. The quantitative estimate of drug-likeness (QED) is 0.162. The van der Waals surface area contributed by atoms with E-state index in [9.17, 15) is 37.5 Å². The molecule has 9 rings (SSSR count). The number of carboxylic acid groups (broad SMARTS) is 1. The molecule has 316 valence electrons. The van der Waals surface area contributed by atoms with E-state index in [-0.39, 0.29) is 75.4 Å². The minimum Gasteiger partial charge on any atom is -0.477 e. The van der Waals surface area contributed by atoms with Crippen LogP contribution in [-0.2, 0) is 22.8 Å². The zero-order valence-electron chi connectivity index (χ0n) is 32.7. The number of anilines is 2. The van der Waals surface area contributed by atoms with Crippen molar-refractivity contribution >= 4 is 46.5 Å². The maximum absolute atomic E-state index is 14.1. The van der Waals surface area contributed by atoms with E-state index in [0.29, 0.717) is 68.0 Å². The average Bonchev–Trinajstić information content (AvgIpc) is 3.78. The fraction of sp³-hybridized carbons (Fsp3) is 0.475. The van der Waals surface area contributed by atoms with E-state index in [1.54, 1.807) is 4.90 Å². The first-order chi connectivity index (χ1) is 28.5. The number of nitrogens with two attached hydrogens (primary N) is 1. The molecule has 1 aromatic carbocycles. The number of halogens is 4. The van der Waals surface area contributed by atoms with Crippen LogP contribution in [-0.4, -0.2) is 137 Å². The number of amides is 2. The average molecular weight is 851 g/mol. The standard InChI is InChI=1S/C40H43ClF3N11O5/c1-51-31(29-19-53(50-34(29)40(42,43)44)32-5-2-24(45)15-47-32)16-48-36(51)37(59)49-25-3-4-28(30(41)10-25)38(60)52-17-26-11-39(12-27(18-52)54(26)39)35(58)23-6-8-55(9-7-23,21-33(56)57)20-22-13-46-14-22/h2-5,10,15-16,19,22-23,26-27,46H,6-9,11-14,17-18,20-21,45H2,1H3,(H-,49,56,57,59,60)/p+1. The van der Waals surface area contributed by atoms with Crippen molar-refractivity contribution in [2.75, 3.05) is 63.4 Å². The number of ketones is 1. The lowest BCUT2D eigenvalue weighted by molar-refractivity contribution is -0.929. The minimum atomic E-state index is -4.83. The number of aromatic nitrogens is 5. The summed E-state index contributed by atoms with van der Waals surface area (Å²) in [6, 6.07) is 7.50. The number of pyridine rings is 1. The number of rotatable bonds is 11. The van der Waals surface area contributed by atoms with Crippen LogP contribution in [0.2, 0.25) is 5.02 Å². The molecule has 0 radical (unpaired) electrons. The lowest BCUT2D eigenvalue weighted by Crippen LogP contribution is -2.87. The van der Waals surface area contributed by atoms with Gasteiger partial charge in [0.1, 0.15) is 0 Å². The van der Waals surface area contributed by atoms with Crippen LogP contribution in [0.3, 0.4) is 0 Å². The SMILES string of the molecule is Cn1c(-c2cn(-c3ccc(N)cn3)nc2C(F)(F)F)cnc1C(=O)Nc1ccc(C(=O)N2CC3CC4(C(=O)C5CC[N+](CC(=O)O)(CC6CNC6)CC5)CC(C2)N34)c(Cl)c1. The number of Topliss-reactive ketones (excluding diaryl/α,β-unsaturated/α-hetero) is 1. The van der Waals surface area contributed by atoms with E-state index in [2.05, 4.69) is 30.6 Å². The summed E-state index contributed by atoms with van der Waals surface area (Å²) in [5.41, 5.74) is 4.48. The predicted molar refractivity (Wildman–Crippen MR) is 211 cm³/mol. The number of aliphatic carboxylic acids is 1. The third-order valence-corrected chi connectivity index (χ3v) is 13.5. The Morgan fingerprint density at radius 3 is 2.37 bits per heavy atom. The number of piperazine rings is 1. The maximum atomic E-state index is 14.1. The van der Waals surface area contributed by atoms with Crippen molar-refractivity contribution in [1.82, 2.24) is 39.4 Å². The van der Waals surface area contributed by atoms with Crippen LogP contribution >= 0.6 is 11.6 Å². The first kappa shape index (κ1) is 40.1. The van der Waals surface area contributed by atoms with Crippen LogP contribution < -0.4 is 16.4 Å². The first-order valence-corrected chi connectivity index (χ1v) is 20.3. The van der Waals surface area contributed by atoms with Crippen molar-refractivity contribution in [1.29, 1.82) is 0 Å². The van der Waals surface area contributed by atoms with Gasteiger partial charge < -0.3 is 35.4 Å². The zero-order valence-corrected chi connectivity index (χ0v) is 33.4. The molecule has 8 heterocycles. The molecule has 60 heavy (non-hydrogen) atoms. The molecule has 4 aromatic rings. The maximum Gasteiger partial charge on any atom is 0.435 e. The summed E-state index contributed by atoms with van der Waals surface area (Å²) in [6.45, 7) is 5.04. The Kier molecular flexibility index (Phi) is 9.79. The number of carbonyl (C=O) groups excluding carboxylic acids is 3. The molecule has 0 bridgehead atoms. The van der Waals surface area contributed by atoms with Crippen LogP contribution in [0, 0.1) is 11.8 Å². The smallest absolute Gasteiger partial charge is 0.435 e. The van der Waals surface area contributed by atoms with Gasteiger partial charge in [-0.25, -0.2) is 19.4 Å². The predicted octanol–water partition coefficient (Wildman–Crippen LogP) is 3.32. The van der Waals surface area contributed by atoms with E-state index in [4.69, 9.17) is 17.3 Å². The number of likely N-dealkylation sites (tertiary alicyclic amines) is 2.